The molecule has 1 saturated heterocycles. The molecule has 2 rings (SSSR count). The van der Waals surface area contributed by atoms with Crippen LogP contribution in [-0.2, 0) is 4.74 Å². The molecule has 0 aliphatic carbocycles. The summed E-state index contributed by atoms with van der Waals surface area (Å²) in [6.45, 7) is 7.65. The van der Waals surface area contributed by atoms with E-state index in [2.05, 4.69) is 11.8 Å². The minimum Gasteiger partial charge on any atom is -0.490 e. The molecule has 1 fully saturated rings. The molecule has 110 valence electrons. The van der Waals surface area contributed by atoms with Crippen molar-refractivity contribution in [2.24, 2.45) is 0 Å². The van der Waals surface area contributed by atoms with Crippen molar-refractivity contribution in [1.29, 1.82) is 0 Å². The van der Waals surface area contributed by atoms with Crippen LogP contribution in [0.15, 0.2) is 18.2 Å². The minimum atomic E-state index is -0.0535. The van der Waals surface area contributed by atoms with E-state index < -0.39 is 0 Å². The second-order valence-electron chi connectivity index (χ2n) is 4.89. The Morgan fingerprint density at radius 3 is 3.05 bits per heavy atom. The average molecular weight is 298 g/mol. The van der Waals surface area contributed by atoms with Gasteiger partial charge in [-0.15, -0.1) is 0 Å². The highest BCUT2D eigenvalue weighted by Crippen LogP contribution is 2.24. The zero-order chi connectivity index (χ0) is 14.5. The molecular formula is C15H20ClNO3. The second-order valence-corrected chi connectivity index (χ2v) is 5.33. The number of ketones is 1. The number of morpholine rings is 1. The van der Waals surface area contributed by atoms with Crippen molar-refractivity contribution < 1.29 is 14.3 Å². The van der Waals surface area contributed by atoms with Crippen molar-refractivity contribution in [3.05, 3.63) is 28.8 Å². The number of nitrogens with zero attached hydrogens (tertiary/aromatic N) is 1. The van der Waals surface area contributed by atoms with E-state index in [9.17, 15) is 4.79 Å². The van der Waals surface area contributed by atoms with Gasteiger partial charge in [-0.05, 0) is 31.7 Å². The standard InChI is InChI=1S/C15H20ClNO3/c1-3-17-6-7-19-13(9-17)10-20-15-5-4-12(16)8-14(15)11(2)18/h4-5,8,13H,3,6-7,9-10H2,1-2H3. The van der Waals surface area contributed by atoms with Crippen LogP contribution >= 0.6 is 11.6 Å². The summed E-state index contributed by atoms with van der Waals surface area (Å²) in [6, 6.07) is 5.10. The molecule has 20 heavy (non-hydrogen) atoms. The van der Waals surface area contributed by atoms with Gasteiger partial charge in [0.2, 0.25) is 0 Å². The SMILES string of the molecule is CCN1CCOC(COc2ccc(Cl)cc2C(C)=O)C1. The first-order valence-corrected chi connectivity index (χ1v) is 7.25. The van der Waals surface area contributed by atoms with Gasteiger partial charge in [0.05, 0.1) is 12.2 Å². The predicted octanol–water partition coefficient (Wildman–Crippen LogP) is 2.64. The van der Waals surface area contributed by atoms with Gasteiger partial charge < -0.3 is 9.47 Å². The van der Waals surface area contributed by atoms with E-state index in [1.165, 1.54) is 6.92 Å². The molecule has 0 radical (unpaired) electrons. The van der Waals surface area contributed by atoms with Crippen molar-refractivity contribution in [2.45, 2.75) is 20.0 Å². The molecule has 0 saturated carbocycles. The van der Waals surface area contributed by atoms with Crippen LogP contribution in [-0.4, -0.2) is 49.6 Å². The lowest BCUT2D eigenvalue weighted by Gasteiger charge is -2.31. The molecule has 1 aromatic carbocycles. The fourth-order valence-electron chi connectivity index (χ4n) is 2.25. The number of rotatable bonds is 5. The summed E-state index contributed by atoms with van der Waals surface area (Å²) in [7, 11) is 0. The van der Waals surface area contributed by atoms with Gasteiger partial charge >= 0.3 is 0 Å². The van der Waals surface area contributed by atoms with Crippen LogP contribution in [0, 0.1) is 0 Å². The molecule has 0 N–H and O–H groups in total. The Balaban J connectivity index is 1.98. The Hall–Kier alpha value is -1.10. The lowest BCUT2D eigenvalue weighted by atomic mass is 10.1. The molecule has 5 heteroatoms. The molecule has 1 aliphatic rings. The van der Waals surface area contributed by atoms with Crippen LogP contribution in [0.25, 0.3) is 0 Å². The van der Waals surface area contributed by atoms with Crippen molar-refractivity contribution in [3.8, 4) is 5.75 Å². The summed E-state index contributed by atoms with van der Waals surface area (Å²) in [5.74, 6) is 0.515. The van der Waals surface area contributed by atoms with Gasteiger partial charge in [-0.2, -0.15) is 0 Å². The number of hydrogen-bond donors (Lipinski definition) is 0. The van der Waals surface area contributed by atoms with E-state index in [0.29, 0.717) is 22.9 Å². The Labute approximate surface area is 124 Å². The van der Waals surface area contributed by atoms with Gasteiger partial charge in [0, 0.05) is 18.1 Å². The highest BCUT2D eigenvalue weighted by atomic mass is 35.5. The topological polar surface area (TPSA) is 38.8 Å². The zero-order valence-corrected chi connectivity index (χ0v) is 12.7. The number of carbonyl (C=O) groups excluding carboxylic acids is 1. The Morgan fingerprint density at radius 1 is 1.55 bits per heavy atom. The van der Waals surface area contributed by atoms with Crippen LogP contribution in [0.2, 0.25) is 5.02 Å². The van der Waals surface area contributed by atoms with Crippen molar-refractivity contribution >= 4 is 17.4 Å². The number of carbonyl (C=O) groups is 1. The van der Waals surface area contributed by atoms with Gasteiger partial charge in [0.1, 0.15) is 18.5 Å². The lowest BCUT2D eigenvalue weighted by Crippen LogP contribution is -2.44. The van der Waals surface area contributed by atoms with Gasteiger partial charge in [-0.3, -0.25) is 9.69 Å². The molecular weight excluding hydrogens is 278 g/mol. The number of benzene rings is 1. The van der Waals surface area contributed by atoms with Gasteiger partial charge in [0.15, 0.2) is 5.78 Å². The van der Waals surface area contributed by atoms with Crippen LogP contribution in [0.4, 0.5) is 0 Å². The highest BCUT2D eigenvalue weighted by Gasteiger charge is 2.20. The quantitative estimate of drug-likeness (QED) is 0.783. The summed E-state index contributed by atoms with van der Waals surface area (Å²) in [5.41, 5.74) is 0.514. The molecule has 1 heterocycles. The van der Waals surface area contributed by atoms with Crippen LogP contribution in [0.5, 0.6) is 5.75 Å². The van der Waals surface area contributed by atoms with Crippen molar-refractivity contribution in [2.75, 3.05) is 32.8 Å². The maximum Gasteiger partial charge on any atom is 0.163 e. The number of ether oxygens (including phenoxy) is 2. The molecule has 1 atom stereocenters. The fraction of sp³-hybridized carbons (Fsp3) is 0.533. The summed E-state index contributed by atoms with van der Waals surface area (Å²) in [5, 5.41) is 0.536. The Kier molecular flexibility index (Phi) is 5.40. The van der Waals surface area contributed by atoms with Crippen LogP contribution < -0.4 is 4.74 Å². The molecule has 1 unspecified atom stereocenters. The average Bonchev–Trinajstić information content (AvgIpc) is 2.46. The fourth-order valence-corrected chi connectivity index (χ4v) is 2.43. The lowest BCUT2D eigenvalue weighted by molar-refractivity contribution is -0.0464. The van der Waals surface area contributed by atoms with E-state index in [1.807, 2.05) is 0 Å². The molecule has 0 aromatic heterocycles. The Bertz CT molecular complexity index is 478. The molecule has 0 spiro atoms. The third kappa shape index (κ3) is 3.95. The monoisotopic (exact) mass is 297 g/mol. The third-order valence-electron chi connectivity index (χ3n) is 3.42. The van der Waals surface area contributed by atoms with Crippen molar-refractivity contribution in [3.63, 3.8) is 0 Å². The number of likely N-dealkylation sites (N-methyl/N-ethyl adjacent to an activating group) is 1. The number of hydrogen-bond acceptors (Lipinski definition) is 4. The van der Waals surface area contributed by atoms with Gasteiger partial charge in [-0.25, -0.2) is 0 Å². The highest BCUT2D eigenvalue weighted by molar-refractivity contribution is 6.31. The largest absolute Gasteiger partial charge is 0.490 e. The first-order valence-electron chi connectivity index (χ1n) is 6.87. The predicted molar refractivity (Wildman–Crippen MR) is 78.8 cm³/mol. The summed E-state index contributed by atoms with van der Waals surface area (Å²) >= 11 is 5.91. The minimum absolute atomic E-state index is 0.0409. The van der Waals surface area contributed by atoms with Crippen LogP contribution in [0.1, 0.15) is 24.2 Å². The molecule has 1 aliphatic heterocycles. The van der Waals surface area contributed by atoms with Gasteiger partial charge in [-0.1, -0.05) is 18.5 Å². The smallest absolute Gasteiger partial charge is 0.163 e. The molecule has 0 bridgehead atoms. The first kappa shape index (κ1) is 15.3. The molecule has 4 nitrogen and oxygen atoms in total. The zero-order valence-electron chi connectivity index (χ0n) is 11.9. The second kappa shape index (κ2) is 7.07. The van der Waals surface area contributed by atoms with E-state index in [1.54, 1.807) is 18.2 Å². The maximum absolute atomic E-state index is 11.6. The van der Waals surface area contributed by atoms with E-state index >= 15 is 0 Å². The number of Topliss-reactive ketones (excluding diaryl/α,β-unsaturated/α-hetero) is 1. The summed E-state index contributed by atoms with van der Waals surface area (Å²) < 4.78 is 11.4. The van der Waals surface area contributed by atoms with E-state index in [4.69, 9.17) is 21.1 Å². The molecule has 1 aromatic rings. The molecule has 0 amide bonds. The first-order chi connectivity index (χ1) is 9.60. The van der Waals surface area contributed by atoms with Crippen LogP contribution in [0.3, 0.4) is 0 Å². The van der Waals surface area contributed by atoms with E-state index in [0.717, 1.165) is 26.2 Å². The maximum atomic E-state index is 11.6. The Morgan fingerprint density at radius 2 is 2.35 bits per heavy atom. The van der Waals surface area contributed by atoms with Crippen molar-refractivity contribution in [1.82, 2.24) is 4.90 Å². The summed E-state index contributed by atoms with van der Waals surface area (Å²) in [4.78, 5) is 13.9. The number of halogens is 1. The third-order valence-corrected chi connectivity index (χ3v) is 3.65. The van der Waals surface area contributed by atoms with Gasteiger partial charge in [0.25, 0.3) is 0 Å². The van der Waals surface area contributed by atoms with E-state index in [-0.39, 0.29) is 11.9 Å². The normalized spacial score (nSPS) is 19.9. The summed E-state index contributed by atoms with van der Waals surface area (Å²) in [6.07, 6.45) is 0.0409.